The van der Waals surface area contributed by atoms with E-state index in [1.54, 1.807) is 12.1 Å². The molecule has 5 heteroatoms. The second-order valence-electron chi connectivity index (χ2n) is 6.19. The van der Waals surface area contributed by atoms with Crippen molar-refractivity contribution in [2.45, 2.75) is 19.2 Å². The molecular weight excluding hydrogens is 319 g/mol. The number of nitrogens with two attached hydrogens (primary N) is 1. The highest BCUT2D eigenvalue weighted by atomic mass is 19.1. The second-order valence-corrected chi connectivity index (χ2v) is 6.19. The zero-order valence-corrected chi connectivity index (χ0v) is 14.1. The van der Waals surface area contributed by atoms with E-state index in [1.807, 2.05) is 18.2 Å². The molecule has 1 aliphatic heterocycles. The highest BCUT2D eigenvalue weighted by molar-refractivity contribution is 5.31. The molecule has 0 radical (unpaired) electrons. The van der Waals surface area contributed by atoms with Gasteiger partial charge in [0, 0.05) is 25.2 Å². The number of halogens is 1. The van der Waals surface area contributed by atoms with Crippen LogP contribution in [0.5, 0.6) is 5.75 Å². The minimum atomic E-state index is -0.659. The van der Waals surface area contributed by atoms with Crippen LogP contribution in [-0.2, 0) is 13.0 Å². The summed E-state index contributed by atoms with van der Waals surface area (Å²) in [5, 5.41) is 10.7. The average Bonchev–Trinajstić information content (AvgIpc) is 2.68. The molecule has 3 N–H and O–H groups in total. The molecule has 0 saturated carbocycles. The van der Waals surface area contributed by atoms with Crippen LogP contribution in [0.3, 0.4) is 0 Å². The molecule has 132 valence electrons. The Balaban J connectivity index is 1.62. The molecule has 0 spiro atoms. The fraction of sp³-hybridized carbons (Fsp3) is 0.300. The van der Waals surface area contributed by atoms with E-state index < -0.39 is 6.23 Å². The standard InChI is InChI=1S/C20H23FN2O2/c21-11-15(12-22)14-25-19-7-5-17(6-8-19)20(24)23-10-9-16-3-1-2-4-18(16)13-23/h1-8,11,20,24H,9-10,12-14,22H2/b15-11-. The lowest BCUT2D eigenvalue weighted by atomic mass is 9.99. The molecule has 0 amide bonds. The van der Waals surface area contributed by atoms with E-state index in [0.717, 1.165) is 25.1 Å². The number of fused-ring (bicyclic) bond motifs is 1. The van der Waals surface area contributed by atoms with E-state index in [-0.39, 0.29) is 13.2 Å². The van der Waals surface area contributed by atoms with Gasteiger partial charge in [0.05, 0.1) is 6.33 Å². The minimum absolute atomic E-state index is 0.123. The third-order valence-corrected chi connectivity index (χ3v) is 4.53. The number of aliphatic hydroxyl groups excluding tert-OH is 1. The molecule has 0 aromatic heterocycles. The SMILES string of the molecule is NC/C(=C/F)COc1ccc(C(O)N2CCc3ccccc3C2)cc1. The molecule has 1 heterocycles. The molecule has 2 aromatic carbocycles. The van der Waals surface area contributed by atoms with Gasteiger partial charge in [0.2, 0.25) is 0 Å². The molecular formula is C20H23FN2O2. The van der Waals surface area contributed by atoms with Crippen LogP contribution in [0.4, 0.5) is 4.39 Å². The van der Waals surface area contributed by atoms with Gasteiger partial charge in [-0.25, -0.2) is 4.39 Å². The summed E-state index contributed by atoms with van der Waals surface area (Å²) in [6.07, 6.45) is 0.755. The van der Waals surface area contributed by atoms with Gasteiger partial charge in [-0.3, -0.25) is 4.90 Å². The van der Waals surface area contributed by atoms with Crippen LogP contribution in [0, 0.1) is 0 Å². The first kappa shape index (κ1) is 17.6. The normalized spacial score (nSPS) is 16.4. The maximum absolute atomic E-state index is 12.5. The van der Waals surface area contributed by atoms with Crippen molar-refractivity contribution in [1.82, 2.24) is 4.90 Å². The van der Waals surface area contributed by atoms with Gasteiger partial charge in [0.1, 0.15) is 18.6 Å². The van der Waals surface area contributed by atoms with E-state index in [0.29, 0.717) is 17.7 Å². The Labute approximate surface area is 147 Å². The summed E-state index contributed by atoms with van der Waals surface area (Å²) in [6.45, 7) is 1.80. The minimum Gasteiger partial charge on any atom is -0.489 e. The van der Waals surface area contributed by atoms with Crippen molar-refractivity contribution in [3.63, 3.8) is 0 Å². The maximum Gasteiger partial charge on any atom is 0.133 e. The third-order valence-electron chi connectivity index (χ3n) is 4.53. The van der Waals surface area contributed by atoms with Crippen LogP contribution in [0.15, 0.2) is 60.4 Å². The van der Waals surface area contributed by atoms with Gasteiger partial charge in [-0.15, -0.1) is 0 Å². The first-order valence-electron chi connectivity index (χ1n) is 8.41. The van der Waals surface area contributed by atoms with Crippen molar-refractivity contribution in [2.75, 3.05) is 19.7 Å². The van der Waals surface area contributed by atoms with Crippen LogP contribution in [0.2, 0.25) is 0 Å². The van der Waals surface area contributed by atoms with E-state index in [1.165, 1.54) is 11.1 Å². The summed E-state index contributed by atoms with van der Waals surface area (Å²) in [5.74, 6) is 0.618. The lowest BCUT2D eigenvalue weighted by Gasteiger charge is -2.32. The zero-order chi connectivity index (χ0) is 17.6. The number of aliphatic hydroxyl groups is 1. The molecule has 0 bridgehead atoms. The summed E-state index contributed by atoms with van der Waals surface area (Å²) < 4.78 is 18.0. The smallest absolute Gasteiger partial charge is 0.133 e. The van der Waals surface area contributed by atoms with Crippen molar-refractivity contribution < 1.29 is 14.2 Å². The Bertz CT molecular complexity index is 731. The Morgan fingerprint density at radius 1 is 1.20 bits per heavy atom. The number of benzene rings is 2. The van der Waals surface area contributed by atoms with Crippen LogP contribution in [0.1, 0.15) is 22.9 Å². The van der Waals surface area contributed by atoms with Gasteiger partial charge in [0.15, 0.2) is 0 Å². The van der Waals surface area contributed by atoms with Crippen molar-refractivity contribution in [3.05, 3.63) is 77.1 Å². The van der Waals surface area contributed by atoms with Crippen molar-refractivity contribution in [2.24, 2.45) is 5.73 Å². The van der Waals surface area contributed by atoms with Gasteiger partial charge < -0.3 is 15.6 Å². The molecule has 1 unspecified atom stereocenters. The fourth-order valence-electron chi connectivity index (χ4n) is 2.98. The van der Waals surface area contributed by atoms with Crippen molar-refractivity contribution >= 4 is 0 Å². The van der Waals surface area contributed by atoms with Gasteiger partial charge in [-0.05, 0) is 35.2 Å². The van der Waals surface area contributed by atoms with E-state index in [4.69, 9.17) is 10.5 Å². The lowest BCUT2D eigenvalue weighted by Crippen LogP contribution is -2.34. The Kier molecular flexibility index (Phi) is 5.81. The van der Waals surface area contributed by atoms with E-state index in [9.17, 15) is 9.50 Å². The van der Waals surface area contributed by atoms with Crippen LogP contribution in [0.25, 0.3) is 0 Å². The van der Waals surface area contributed by atoms with Crippen LogP contribution in [-0.4, -0.2) is 29.7 Å². The topological polar surface area (TPSA) is 58.7 Å². The quantitative estimate of drug-likeness (QED) is 0.847. The van der Waals surface area contributed by atoms with E-state index >= 15 is 0 Å². The molecule has 4 nitrogen and oxygen atoms in total. The molecule has 0 aliphatic carbocycles. The first-order valence-corrected chi connectivity index (χ1v) is 8.41. The van der Waals surface area contributed by atoms with E-state index in [2.05, 4.69) is 23.1 Å². The van der Waals surface area contributed by atoms with Gasteiger partial charge in [0.25, 0.3) is 0 Å². The van der Waals surface area contributed by atoms with Gasteiger partial charge in [-0.1, -0.05) is 36.4 Å². The summed E-state index contributed by atoms with van der Waals surface area (Å²) in [6, 6.07) is 15.6. The molecule has 0 fully saturated rings. The predicted molar refractivity (Wildman–Crippen MR) is 95.7 cm³/mol. The number of nitrogens with zero attached hydrogens (tertiary/aromatic N) is 1. The number of hydrogen-bond acceptors (Lipinski definition) is 4. The van der Waals surface area contributed by atoms with Crippen molar-refractivity contribution in [1.29, 1.82) is 0 Å². The second kappa shape index (κ2) is 8.25. The highest BCUT2D eigenvalue weighted by Gasteiger charge is 2.22. The maximum atomic E-state index is 12.5. The highest BCUT2D eigenvalue weighted by Crippen LogP contribution is 2.27. The van der Waals surface area contributed by atoms with Crippen LogP contribution < -0.4 is 10.5 Å². The fourth-order valence-corrected chi connectivity index (χ4v) is 2.98. The number of ether oxygens (including phenoxy) is 1. The summed E-state index contributed by atoms with van der Waals surface area (Å²) in [7, 11) is 0. The third kappa shape index (κ3) is 4.25. The molecule has 3 rings (SSSR count). The largest absolute Gasteiger partial charge is 0.489 e. The monoisotopic (exact) mass is 342 g/mol. The number of rotatable bonds is 6. The molecule has 0 saturated heterocycles. The zero-order valence-electron chi connectivity index (χ0n) is 14.1. The summed E-state index contributed by atoms with van der Waals surface area (Å²) >= 11 is 0. The average molecular weight is 342 g/mol. The predicted octanol–water partition coefficient (Wildman–Crippen LogP) is 2.93. The molecule has 1 atom stereocenters. The van der Waals surface area contributed by atoms with Crippen molar-refractivity contribution in [3.8, 4) is 5.75 Å². The number of hydrogen-bond donors (Lipinski definition) is 2. The molecule has 2 aromatic rings. The molecule has 1 aliphatic rings. The van der Waals surface area contributed by atoms with Gasteiger partial charge in [-0.2, -0.15) is 0 Å². The van der Waals surface area contributed by atoms with Crippen LogP contribution >= 0.6 is 0 Å². The Morgan fingerprint density at radius 2 is 1.92 bits per heavy atom. The first-order chi connectivity index (χ1) is 12.2. The lowest BCUT2D eigenvalue weighted by molar-refractivity contribution is -0.00780. The summed E-state index contributed by atoms with van der Waals surface area (Å²) in [4.78, 5) is 2.05. The summed E-state index contributed by atoms with van der Waals surface area (Å²) in [5.41, 5.74) is 9.23. The Morgan fingerprint density at radius 3 is 2.60 bits per heavy atom. The molecule has 25 heavy (non-hydrogen) atoms. The van der Waals surface area contributed by atoms with Gasteiger partial charge >= 0.3 is 0 Å². The Hall–Kier alpha value is -2.21.